The summed E-state index contributed by atoms with van der Waals surface area (Å²) < 4.78 is 9.61. The quantitative estimate of drug-likeness (QED) is 0.800. The van der Waals surface area contributed by atoms with Gasteiger partial charge in [-0.05, 0) is 51.2 Å². The predicted octanol–water partition coefficient (Wildman–Crippen LogP) is 2.98. The molecule has 1 amide bonds. The molecule has 1 aromatic heterocycles. The van der Waals surface area contributed by atoms with Gasteiger partial charge in [0.2, 0.25) is 0 Å². The summed E-state index contributed by atoms with van der Waals surface area (Å²) in [5.41, 5.74) is -0.0197. The molecule has 0 N–H and O–H groups in total. The largest absolute Gasteiger partial charge is 0.444 e. The normalized spacial score (nSPS) is 21.3. The van der Waals surface area contributed by atoms with Crippen LogP contribution in [0.15, 0.2) is 12.3 Å². The molecule has 0 aromatic carbocycles. The second kappa shape index (κ2) is 5.16. The molecule has 1 spiro atoms. The highest BCUT2D eigenvalue weighted by Gasteiger charge is 2.46. The topological polar surface area (TPSA) is 45.7 Å². The fraction of sp³-hybridized carbons (Fsp3) is 0.733. The van der Waals surface area contributed by atoms with E-state index in [9.17, 15) is 4.79 Å². The first-order valence-electron chi connectivity index (χ1n) is 7.51. The van der Waals surface area contributed by atoms with Gasteiger partial charge in [-0.25, -0.2) is 4.79 Å². The molecule has 2 aliphatic heterocycles. The van der Waals surface area contributed by atoms with E-state index in [-0.39, 0.29) is 6.09 Å². The Morgan fingerprint density at radius 1 is 1.33 bits per heavy atom. The van der Waals surface area contributed by atoms with Crippen molar-refractivity contribution in [1.82, 2.24) is 9.27 Å². The van der Waals surface area contributed by atoms with Crippen LogP contribution in [0.5, 0.6) is 0 Å². The number of likely N-dealkylation sites (tertiary alicyclic amines) is 1. The van der Waals surface area contributed by atoms with Crippen LogP contribution in [-0.4, -0.2) is 47.1 Å². The van der Waals surface area contributed by atoms with Gasteiger partial charge >= 0.3 is 6.09 Å². The zero-order chi connectivity index (χ0) is 15.1. The molecule has 0 aliphatic carbocycles. The third-order valence-electron chi connectivity index (χ3n) is 4.26. The molecule has 0 radical (unpaired) electrons. The number of nitrogens with zero attached hydrogens (tertiary/aromatic N) is 3. The fourth-order valence-electron chi connectivity index (χ4n) is 3.10. The van der Waals surface area contributed by atoms with E-state index in [1.807, 2.05) is 31.9 Å². The van der Waals surface area contributed by atoms with Crippen molar-refractivity contribution >= 4 is 22.6 Å². The van der Waals surface area contributed by atoms with Crippen molar-refractivity contribution in [2.75, 3.05) is 31.1 Å². The first kappa shape index (κ1) is 14.6. The van der Waals surface area contributed by atoms with Gasteiger partial charge in [-0.1, -0.05) is 0 Å². The number of anilines is 1. The summed E-state index contributed by atoms with van der Waals surface area (Å²) in [5, 5.41) is 1.26. The van der Waals surface area contributed by atoms with Crippen LogP contribution < -0.4 is 4.90 Å². The molecule has 0 bridgehead atoms. The van der Waals surface area contributed by atoms with E-state index in [2.05, 4.69) is 15.3 Å². The Kier molecular flexibility index (Phi) is 3.59. The molecule has 3 heterocycles. The first-order chi connectivity index (χ1) is 9.87. The van der Waals surface area contributed by atoms with E-state index in [0.29, 0.717) is 5.41 Å². The molecular formula is C15H23N3O2S. The lowest BCUT2D eigenvalue weighted by molar-refractivity contribution is 0.00606. The van der Waals surface area contributed by atoms with Gasteiger partial charge in [0, 0.05) is 37.8 Å². The van der Waals surface area contributed by atoms with Crippen molar-refractivity contribution in [3.05, 3.63) is 12.3 Å². The molecule has 0 unspecified atom stereocenters. The molecule has 1 aromatic rings. The molecule has 3 rings (SSSR count). The Morgan fingerprint density at radius 2 is 2.00 bits per heavy atom. The number of rotatable bonds is 1. The number of aromatic nitrogens is 1. The number of piperidine rings is 1. The smallest absolute Gasteiger partial charge is 0.410 e. The predicted molar refractivity (Wildman–Crippen MR) is 83.8 cm³/mol. The highest BCUT2D eigenvalue weighted by Crippen LogP contribution is 2.43. The fourth-order valence-corrected chi connectivity index (χ4v) is 3.69. The minimum Gasteiger partial charge on any atom is -0.444 e. The van der Waals surface area contributed by atoms with Crippen LogP contribution >= 0.6 is 11.5 Å². The minimum atomic E-state index is -0.411. The van der Waals surface area contributed by atoms with Crippen LogP contribution in [0.25, 0.3) is 0 Å². The van der Waals surface area contributed by atoms with Crippen molar-refractivity contribution in [2.45, 2.75) is 39.2 Å². The van der Waals surface area contributed by atoms with Crippen LogP contribution in [0.1, 0.15) is 33.6 Å². The zero-order valence-electron chi connectivity index (χ0n) is 13.0. The number of ether oxygens (including phenoxy) is 1. The molecule has 0 atom stereocenters. The van der Waals surface area contributed by atoms with Crippen molar-refractivity contribution < 1.29 is 9.53 Å². The van der Waals surface area contributed by atoms with E-state index in [4.69, 9.17) is 4.74 Å². The lowest BCUT2D eigenvalue weighted by Crippen LogP contribution is -2.61. The maximum atomic E-state index is 12.1. The monoisotopic (exact) mass is 309 g/mol. The van der Waals surface area contributed by atoms with Gasteiger partial charge in [-0.15, -0.1) is 0 Å². The van der Waals surface area contributed by atoms with E-state index in [1.54, 1.807) is 11.5 Å². The second-order valence-electron chi connectivity index (χ2n) is 7.17. The summed E-state index contributed by atoms with van der Waals surface area (Å²) in [4.78, 5) is 16.3. The van der Waals surface area contributed by atoms with E-state index in [0.717, 1.165) is 39.0 Å². The Hall–Kier alpha value is -1.30. The van der Waals surface area contributed by atoms with Crippen molar-refractivity contribution in [2.24, 2.45) is 5.41 Å². The lowest BCUT2D eigenvalue weighted by atomic mass is 9.72. The third-order valence-corrected chi connectivity index (χ3v) is 5.07. The summed E-state index contributed by atoms with van der Waals surface area (Å²) in [5.74, 6) is 0. The summed E-state index contributed by atoms with van der Waals surface area (Å²) in [6.07, 6.45) is 3.83. The van der Waals surface area contributed by atoms with Gasteiger partial charge < -0.3 is 14.5 Å². The second-order valence-corrected chi connectivity index (χ2v) is 7.99. The molecule has 6 heteroatoms. The molecule has 2 fully saturated rings. The summed E-state index contributed by atoms with van der Waals surface area (Å²) >= 11 is 1.56. The summed E-state index contributed by atoms with van der Waals surface area (Å²) in [6, 6.07) is 2.08. The highest BCUT2D eigenvalue weighted by atomic mass is 32.1. The number of carbonyl (C=O) groups is 1. The van der Waals surface area contributed by atoms with Crippen LogP contribution in [0.4, 0.5) is 9.80 Å². The van der Waals surface area contributed by atoms with Gasteiger partial charge in [0.05, 0.1) is 0 Å². The Morgan fingerprint density at radius 3 is 2.52 bits per heavy atom. The van der Waals surface area contributed by atoms with E-state index < -0.39 is 5.60 Å². The standard InChI is InChI=1S/C15H23N3O2S/c1-14(2,3)20-13(19)17-8-5-15(6-9-17)10-18(11-15)12-4-7-16-21-12/h4,7H,5-6,8-11H2,1-3H3. The van der Waals surface area contributed by atoms with Crippen molar-refractivity contribution in [3.63, 3.8) is 0 Å². The van der Waals surface area contributed by atoms with Crippen LogP contribution in [-0.2, 0) is 4.74 Å². The molecule has 5 nitrogen and oxygen atoms in total. The Balaban J connectivity index is 1.49. The number of amides is 1. The summed E-state index contributed by atoms with van der Waals surface area (Å²) in [6.45, 7) is 9.55. The highest BCUT2D eigenvalue weighted by molar-refractivity contribution is 7.10. The summed E-state index contributed by atoms with van der Waals surface area (Å²) in [7, 11) is 0. The van der Waals surface area contributed by atoms with Crippen LogP contribution in [0.2, 0.25) is 0 Å². The van der Waals surface area contributed by atoms with Crippen LogP contribution in [0.3, 0.4) is 0 Å². The Bertz CT molecular complexity index is 493. The molecule has 2 aliphatic rings. The third kappa shape index (κ3) is 3.15. The molecule has 2 saturated heterocycles. The van der Waals surface area contributed by atoms with Crippen molar-refractivity contribution in [1.29, 1.82) is 0 Å². The van der Waals surface area contributed by atoms with Gasteiger partial charge in [-0.2, -0.15) is 4.37 Å². The average Bonchev–Trinajstić information content (AvgIpc) is 2.87. The van der Waals surface area contributed by atoms with Gasteiger partial charge in [0.1, 0.15) is 10.6 Å². The average molecular weight is 309 g/mol. The number of hydrogen-bond donors (Lipinski definition) is 0. The van der Waals surface area contributed by atoms with Gasteiger partial charge in [0.25, 0.3) is 0 Å². The maximum Gasteiger partial charge on any atom is 0.410 e. The van der Waals surface area contributed by atoms with Crippen molar-refractivity contribution in [3.8, 4) is 0 Å². The molecular weight excluding hydrogens is 286 g/mol. The van der Waals surface area contributed by atoms with E-state index in [1.165, 1.54) is 5.00 Å². The molecule has 116 valence electrons. The molecule has 21 heavy (non-hydrogen) atoms. The Labute approximate surface area is 130 Å². The van der Waals surface area contributed by atoms with Gasteiger partial charge in [-0.3, -0.25) is 0 Å². The first-order valence-corrected chi connectivity index (χ1v) is 8.28. The molecule has 0 saturated carbocycles. The zero-order valence-corrected chi connectivity index (χ0v) is 13.8. The number of hydrogen-bond acceptors (Lipinski definition) is 5. The van der Waals surface area contributed by atoms with Crippen LogP contribution in [0, 0.1) is 5.41 Å². The maximum absolute atomic E-state index is 12.1. The minimum absolute atomic E-state index is 0.170. The van der Waals surface area contributed by atoms with Gasteiger partial charge in [0.15, 0.2) is 0 Å². The SMILES string of the molecule is CC(C)(C)OC(=O)N1CCC2(CC1)CN(c1ccns1)C2. The van der Waals surface area contributed by atoms with E-state index >= 15 is 0 Å². The number of carbonyl (C=O) groups excluding carboxylic acids is 1. The lowest BCUT2D eigenvalue weighted by Gasteiger charge is -2.54.